The molecule has 2 aromatic heterocycles. The summed E-state index contributed by atoms with van der Waals surface area (Å²) in [7, 11) is 0. The molecule has 0 aliphatic rings. The van der Waals surface area contributed by atoms with E-state index in [1.807, 2.05) is 25.1 Å². The molecule has 1 N–H and O–H groups in total. The third-order valence-electron chi connectivity index (χ3n) is 5.03. The van der Waals surface area contributed by atoms with E-state index in [0.717, 1.165) is 22.7 Å². The molecule has 0 saturated carbocycles. The highest BCUT2D eigenvalue weighted by Crippen LogP contribution is 2.33. The summed E-state index contributed by atoms with van der Waals surface area (Å²) in [5.41, 5.74) is -0.124. The fourth-order valence-electron chi connectivity index (χ4n) is 3.42. The Hall–Kier alpha value is -3.18. The van der Waals surface area contributed by atoms with Crippen LogP contribution in [0.1, 0.15) is 18.2 Å². The summed E-state index contributed by atoms with van der Waals surface area (Å²) in [6.07, 6.45) is -4.16. The van der Waals surface area contributed by atoms with E-state index >= 15 is 0 Å². The fourth-order valence-corrected chi connectivity index (χ4v) is 4.31. The highest BCUT2D eigenvalue weighted by Gasteiger charge is 2.31. The van der Waals surface area contributed by atoms with E-state index in [4.69, 9.17) is 11.6 Å². The predicted molar refractivity (Wildman–Crippen MR) is 125 cm³/mol. The van der Waals surface area contributed by atoms with Gasteiger partial charge < -0.3 is 9.88 Å². The second-order valence-electron chi connectivity index (χ2n) is 7.26. The molecule has 12 heteroatoms. The smallest absolute Gasteiger partial charge is 0.323 e. The molecule has 0 radical (unpaired) electrons. The number of carbonyl (C=O) groups is 1. The first kappa shape index (κ1) is 24.0. The second kappa shape index (κ2) is 9.22. The van der Waals surface area contributed by atoms with Gasteiger partial charge in [-0.3, -0.25) is 9.59 Å². The third kappa shape index (κ3) is 4.58. The largest absolute Gasteiger partial charge is 0.416 e. The lowest BCUT2D eigenvalue weighted by Crippen LogP contribution is -2.28. The van der Waals surface area contributed by atoms with Gasteiger partial charge >= 0.3 is 6.18 Å². The lowest BCUT2D eigenvalue weighted by Gasteiger charge is -2.15. The normalized spacial score (nSPS) is 11.7. The number of fused-ring (bicyclic) bond motifs is 1. The van der Waals surface area contributed by atoms with E-state index in [9.17, 15) is 22.8 Å². The van der Waals surface area contributed by atoms with Gasteiger partial charge in [-0.2, -0.15) is 22.7 Å². The molecule has 2 aromatic carbocycles. The van der Waals surface area contributed by atoms with Gasteiger partial charge in [-0.15, -0.1) is 5.10 Å². The number of amides is 1. The van der Waals surface area contributed by atoms with Crippen LogP contribution in [0.5, 0.6) is 0 Å². The van der Waals surface area contributed by atoms with Gasteiger partial charge in [0.25, 0.3) is 5.56 Å². The van der Waals surface area contributed by atoms with E-state index in [2.05, 4.69) is 31.3 Å². The minimum Gasteiger partial charge on any atom is -0.323 e. The minimum atomic E-state index is -4.56. The van der Waals surface area contributed by atoms with Crippen molar-refractivity contribution >= 4 is 44.9 Å². The number of aromatic nitrogens is 4. The lowest BCUT2D eigenvalue weighted by molar-refractivity contribution is -0.137. The van der Waals surface area contributed by atoms with Gasteiger partial charge in [-0.1, -0.05) is 48.9 Å². The number of alkyl halides is 3. The van der Waals surface area contributed by atoms with Crippen molar-refractivity contribution in [3.8, 4) is 11.4 Å². The van der Waals surface area contributed by atoms with Crippen LogP contribution in [0.3, 0.4) is 0 Å². The maximum Gasteiger partial charge on any atom is 0.416 e. The topological polar surface area (TPSA) is 81.3 Å². The molecule has 0 spiro atoms. The van der Waals surface area contributed by atoms with Gasteiger partial charge in [0.1, 0.15) is 11.0 Å². The Morgan fingerprint density at radius 3 is 2.50 bits per heavy atom. The summed E-state index contributed by atoms with van der Waals surface area (Å²) in [4.78, 5) is 30.1. The fraction of sp³-hybridized carbons (Fsp3) is 0.182. The van der Waals surface area contributed by atoms with Gasteiger partial charge in [-0.05, 0) is 40.5 Å². The van der Waals surface area contributed by atoms with E-state index in [0.29, 0.717) is 23.5 Å². The number of benzene rings is 2. The summed E-state index contributed by atoms with van der Waals surface area (Å²) in [5, 5.41) is 6.57. The van der Waals surface area contributed by atoms with Crippen molar-refractivity contribution in [2.45, 2.75) is 26.1 Å². The van der Waals surface area contributed by atoms with Crippen LogP contribution in [-0.4, -0.2) is 25.1 Å². The molecular weight excluding hydrogens is 539 g/mol. The van der Waals surface area contributed by atoms with Gasteiger partial charge in [0.2, 0.25) is 11.7 Å². The number of halogens is 5. The first-order valence-electron chi connectivity index (χ1n) is 10.00. The van der Waals surface area contributed by atoms with Crippen molar-refractivity contribution in [1.82, 2.24) is 19.2 Å². The van der Waals surface area contributed by atoms with Crippen LogP contribution in [0.4, 0.5) is 18.9 Å². The van der Waals surface area contributed by atoms with Crippen molar-refractivity contribution in [2.75, 3.05) is 5.32 Å². The zero-order valence-electron chi connectivity index (χ0n) is 17.5. The SMILES string of the molecule is CCc1c(Br)c(=O)n2nc(-c3ccccc3)nc2n1CC(=O)Nc1ccc(C(F)(F)F)cc1Cl. The van der Waals surface area contributed by atoms with Crippen LogP contribution in [-0.2, 0) is 23.9 Å². The summed E-state index contributed by atoms with van der Waals surface area (Å²) < 4.78 is 41.5. The molecular formula is C22H16BrClF3N5O2. The molecule has 34 heavy (non-hydrogen) atoms. The van der Waals surface area contributed by atoms with Gasteiger partial charge in [0.05, 0.1) is 16.3 Å². The summed E-state index contributed by atoms with van der Waals surface area (Å²) in [6, 6.07) is 11.7. The van der Waals surface area contributed by atoms with E-state index < -0.39 is 23.2 Å². The number of hydrogen-bond donors (Lipinski definition) is 1. The number of rotatable bonds is 5. The molecule has 0 aliphatic heterocycles. The quantitative estimate of drug-likeness (QED) is 0.368. The zero-order valence-corrected chi connectivity index (χ0v) is 19.9. The van der Waals surface area contributed by atoms with Crippen molar-refractivity contribution < 1.29 is 18.0 Å². The molecule has 0 bridgehead atoms. The second-order valence-corrected chi connectivity index (χ2v) is 8.46. The third-order valence-corrected chi connectivity index (χ3v) is 6.14. The Balaban J connectivity index is 1.72. The Kier molecular flexibility index (Phi) is 6.50. The maximum absolute atomic E-state index is 12.9. The predicted octanol–water partition coefficient (Wildman–Crippen LogP) is 5.19. The average molecular weight is 555 g/mol. The van der Waals surface area contributed by atoms with Crippen LogP contribution in [0, 0.1) is 0 Å². The molecule has 0 saturated heterocycles. The number of hydrogen-bond acceptors (Lipinski definition) is 4. The molecule has 0 fully saturated rings. The Morgan fingerprint density at radius 1 is 1.18 bits per heavy atom. The van der Waals surface area contributed by atoms with E-state index in [1.54, 1.807) is 12.1 Å². The summed E-state index contributed by atoms with van der Waals surface area (Å²) in [6.45, 7) is 1.53. The Bertz CT molecular complexity index is 1450. The molecule has 176 valence electrons. The number of nitrogens with zero attached hydrogens (tertiary/aromatic N) is 4. The molecule has 4 rings (SSSR count). The zero-order chi connectivity index (χ0) is 24.6. The van der Waals surface area contributed by atoms with Gasteiger partial charge in [0, 0.05) is 11.3 Å². The van der Waals surface area contributed by atoms with Crippen molar-refractivity contribution in [3.63, 3.8) is 0 Å². The molecule has 0 aliphatic carbocycles. The van der Waals surface area contributed by atoms with Crippen LogP contribution >= 0.6 is 27.5 Å². The molecule has 4 aromatic rings. The van der Waals surface area contributed by atoms with E-state index in [-0.39, 0.29) is 27.5 Å². The van der Waals surface area contributed by atoms with Crippen molar-refractivity contribution in [3.05, 3.63) is 79.6 Å². The van der Waals surface area contributed by atoms with Crippen molar-refractivity contribution in [1.29, 1.82) is 0 Å². The molecule has 0 unspecified atom stereocenters. The summed E-state index contributed by atoms with van der Waals surface area (Å²) in [5.74, 6) is -0.117. The average Bonchev–Trinajstić information content (AvgIpc) is 3.24. The molecule has 2 heterocycles. The molecule has 1 amide bonds. The minimum absolute atomic E-state index is 0.0280. The van der Waals surface area contributed by atoms with Gasteiger partial charge in [0.15, 0.2) is 5.82 Å². The highest BCUT2D eigenvalue weighted by atomic mass is 79.9. The van der Waals surface area contributed by atoms with Crippen molar-refractivity contribution in [2.24, 2.45) is 0 Å². The molecule has 7 nitrogen and oxygen atoms in total. The Morgan fingerprint density at radius 2 is 1.88 bits per heavy atom. The first-order valence-corrected chi connectivity index (χ1v) is 11.2. The monoisotopic (exact) mass is 553 g/mol. The number of nitrogens with one attached hydrogen (secondary N) is 1. The lowest BCUT2D eigenvalue weighted by atomic mass is 10.2. The van der Waals surface area contributed by atoms with Gasteiger partial charge in [-0.25, -0.2) is 0 Å². The van der Waals surface area contributed by atoms with Crippen LogP contribution in [0.15, 0.2) is 57.8 Å². The van der Waals surface area contributed by atoms with Crippen LogP contribution in [0.2, 0.25) is 5.02 Å². The number of anilines is 1. The maximum atomic E-state index is 12.9. The number of carbonyl (C=O) groups excluding carboxylic acids is 1. The van der Waals surface area contributed by atoms with E-state index in [1.165, 1.54) is 4.57 Å². The van der Waals surface area contributed by atoms with Crippen LogP contribution in [0.25, 0.3) is 17.2 Å². The first-order chi connectivity index (χ1) is 16.1. The Labute approximate surface area is 204 Å². The van der Waals surface area contributed by atoms with Crippen LogP contribution < -0.4 is 10.9 Å². The highest BCUT2D eigenvalue weighted by molar-refractivity contribution is 9.10. The molecule has 0 atom stereocenters. The standard InChI is InChI=1S/C22H16BrClF3N5O2/c1-2-16-18(23)20(34)32-21(29-19(30-32)12-6-4-3-5-7-12)31(16)11-17(33)28-15-9-8-13(10-14(15)24)22(25,26)27/h3-10H,2,11H2,1H3,(H,28,33). The summed E-state index contributed by atoms with van der Waals surface area (Å²) >= 11 is 9.25.